The van der Waals surface area contributed by atoms with Gasteiger partial charge in [0.2, 0.25) is 0 Å². The van der Waals surface area contributed by atoms with Gasteiger partial charge in [-0.3, -0.25) is 0 Å². The topological polar surface area (TPSA) is 0 Å². The summed E-state index contributed by atoms with van der Waals surface area (Å²) in [6.45, 7) is 2.23. The quantitative estimate of drug-likeness (QED) is 0.574. The zero-order chi connectivity index (χ0) is 10.5. The van der Waals surface area contributed by atoms with Crippen LogP contribution in [0.15, 0.2) is 24.3 Å². The van der Waals surface area contributed by atoms with E-state index >= 15 is 0 Å². The molecule has 0 radical (unpaired) electrons. The molecule has 2 rings (SSSR count). The summed E-state index contributed by atoms with van der Waals surface area (Å²) in [5, 5.41) is 0. The fourth-order valence-corrected chi connectivity index (χ4v) is 4.26. The molecule has 0 unspecified atom stereocenters. The molecule has 0 spiro atoms. The molecule has 0 nitrogen and oxygen atoms in total. The summed E-state index contributed by atoms with van der Waals surface area (Å²) in [5.41, 5.74) is 2.89. The highest BCUT2D eigenvalue weighted by Gasteiger charge is 2.18. The molecule has 1 aromatic rings. The monoisotopic (exact) mass is 237 g/mol. The van der Waals surface area contributed by atoms with Gasteiger partial charge in [-0.25, -0.2) is 0 Å². The molecular weight excluding hydrogens is 220 g/mol. The standard InChI is InChI=1S/C13H17S2/c1-2-4-11-5-7-12(8-6-11)13-14-9-3-10-15-13/h5-8H,2-4,9-10H2,1H3/q+1. The minimum Gasteiger partial charge on any atom is -0.0651 e. The minimum atomic E-state index is 1.20. The summed E-state index contributed by atoms with van der Waals surface area (Å²) in [7, 11) is 0. The van der Waals surface area contributed by atoms with Gasteiger partial charge < -0.3 is 0 Å². The lowest BCUT2D eigenvalue weighted by molar-refractivity contribution is 0.922. The second kappa shape index (κ2) is 5.66. The van der Waals surface area contributed by atoms with Crippen molar-refractivity contribution in [3.63, 3.8) is 0 Å². The second-order valence-corrected chi connectivity index (χ2v) is 6.25. The summed E-state index contributed by atoms with van der Waals surface area (Å²) in [4.78, 5) is 0. The normalized spacial score (nSPS) is 16.2. The van der Waals surface area contributed by atoms with Crippen LogP contribution in [0, 0.1) is 0 Å². The van der Waals surface area contributed by atoms with E-state index in [-0.39, 0.29) is 0 Å². The molecule has 1 aliphatic heterocycles. The van der Waals surface area contributed by atoms with Gasteiger partial charge >= 0.3 is 0 Å². The summed E-state index contributed by atoms with van der Waals surface area (Å²) in [6.07, 6.45) is 3.79. The van der Waals surface area contributed by atoms with Crippen LogP contribution in [-0.4, -0.2) is 15.7 Å². The van der Waals surface area contributed by atoms with Crippen molar-refractivity contribution in [2.45, 2.75) is 26.2 Å². The lowest BCUT2D eigenvalue weighted by Crippen LogP contribution is -2.06. The zero-order valence-corrected chi connectivity index (χ0v) is 10.8. The third-order valence-electron chi connectivity index (χ3n) is 2.48. The van der Waals surface area contributed by atoms with Crippen molar-refractivity contribution in [1.29, 1.82) is 0 Å². The molecular formula is C13H17S2+. The first kappa shape index (κ1) is 11.2. The van der Waals surface area contributed by atoms with Gasteiger partial charge in [0, 0.05) is 17.7 Å². The van der Waals surface area contributed by atoms with Crippen LogP contribution in [0.3, 0.4) is 0 Å². The van der Waals surface area contributed by atoms with Crippen molar-refractivity contribution in [2.24, 2.45) is 0 Å². The number of aryl methyl sites for hydroxylation is 1. The first-order chi connectivity index (χ1) is 7.40. The molecule has 0 aliphatic carbocycles. The molecule has 0 amide bonds. The van der Waals surface area contributed by atoms with E-state index in [4.69, 9.17) is 0 Å². The van der Waals surface area contributed by atoms with Crippen molar-refractivity contribution >= 4 is 27.3 Å². The molecule has 1 heterocycles. The summed E-state index contributed by atoms with van der Waals surface area (Å²) in [5.74, 6) is 2.58. The van der Waals surface area contributed by atoms with E-state index in [0.717, 1.165) is 0 Å². The van der Waals surface area contributed by atoms with Crippen LogP contribution in [0.25, 0.3) is 0 Å². The van der Waals surface area contributed by atoms with Gasteiger partial charge in [-0.1, -0.05) is 37.2 Å². The molecule has 15 heavy (non-hydrogen) atoms. The maximum Gasteiger partial charge on any atom is 0.265 e. The highest BCUT2D eigenvalue weighted by Crippen LogP contribution is 2.18. The first-order valence-corrected chi connectivity index (χ1v) is 7.59. The molecule has 1 aliphatic rings. The van der Waals surface area contributed by atoms with Gasteiger partial charge in [0.15, 0.2) is 17.1 Å². The Morgan fingerprint density at radius 2 is 2.07 bits per heavy atom. The second-order valence-electron chi connectivity index (χ2n) is 3.78. The van der Waals surface area contributed by atoms with E-state index < -0.39 is 0 Å². The predicted molar refractivity (Wildman–Crippen MR) is 73.9 cm³/mol. The predicted octanol–water partition coefficient (Wildman–Crippen LogP) is 3.34. The number of rotatable bonds is 3. The van der Waals surface area contributed by atoms with Crippen LogP contribution < -0.4 is 0 Å². The zero-order valence-electron chi connectivity index (χ0n) is 9.16. The maximum absolute atomic E-state index is 2.28. The fraction of sp³-hybridized carbons (Fsp3) is 0.462. The Morgan fingerprint density at radius 1 is 1.27 bits per heavy atom. The van der Waals surface area contributed by atoms with E-state index in [0.29, 0.717) is 0 Å². The number of hydrogen-bond acceptors (Lipinski definition) is 1. The molecule has 0 fully saturated rings. The summed E-state index contributed by atoms with van der Waals surface area (Å²) < 4.78 is 1.52. The Bertz CT molecular complexity index is 338. The van der Waals surface area contributed by atoms with Gasteiger partial charge in [-0.15, -0.1) is 0 Å². The highest BCUT2D eigenvalue weighted by molar-refractivity contribution is 8.23. The van der Waals surface area contributed by atoms with Crippen LogP contribution in [0.1, 0.15) is 30.9 Å². The molecule has 0 aromatic heterocycles. The molecule has 0 atom stereocenters. The lowest BCUT2D eigenvalue weighted by Gasteiger charge is -2.03. The molecule has 2 heteroatoms. The van der Waals surface area contributed by atoms with Crippen molar-refractivity contribution < 1.29 is 0 Å². The summed E-state index contributed by atoms with van der Waals surface area (Å²) in [6, 6.07) is 9.13. The average molecular weight is 237 g/mol. The van der Waals surface area contributed by atoms with Crippen LogP contribution in [-0.2, 0) is 17.8 Å². The number of thioether (sulfide) groups is 1. The van der Waals surface area contributed by atoms with Crippen molar-refractivity contribution in [2.75, 3.05) is 11.5 Å². The lowest BCUT2D eigenvalue weighted by atomic mass is 10.1. The number of benzene rings is 1. The van der Waals surface area contributed by atoms with E-state index in [1.54, 1.807) is 0 Å². The molecule has 0 saturated carbocycles. The van der Waals surface area contributed by atoms with Gasteiger partial charge in [0.05, 0.1) is 0 Å². The molecule has 1 aromatic carbocycles. The Hall–Kier alpha value is -0.340. The van der Waals surface area contributed by atoms with Gasteiger partial charge in [0.1, 0.15) is 0 Å². The van der Waals surface area contributed by atoms with Crippen molar-refractivity contribution in [3.05, 3.63) is 35.4 Å². The third kappa shape index (κ3) is 3.05. The minimum absolute atomic E-state index is 1.20. The Balaban J connectivity index is 2.12. The highest BCUT2D eigenvalue weighted by atomic mass is 32.2. The van der Waals surface area contributed by atoms with Gasteiger partial charge in [-0.05, 0) is 24.1 Å². The molecule has 0 saturated heterocycles. The third-order valence-corrected chi connectivity index (χ3v) is 5.17. The van der Waals surface area contributed by atoms with Crippen LogP contribution >= 0.6 is 11.8 Å². The molecule has 0 bridgehead atoms. The van der Waals surface area contributed by atoms with Crippen LogP contribution in [0.4, 0.5) is 0 Å². The SMILES string of the molecule is CCCc1ccc(C2=[S+]CCCS2)cc1. The van der Waals surface area contributed by atoms with Crippen molar-refractivity contribution in [3.8, 4) is 0 Å². The molecule has 0 N–H and O–H groups in total. The Labute approximate surface area is 100 Å². The average Bonchev–Trinajstić information content (AvgIpc) is 2.32. The van der Waals surface area contributed by atoms with Crippen LogP contribution in [0.5, 0.6) is 0 Å². The van der Waals surface area contributed by atoms with E-state index in [9.17, 15) is 0 Å². The van der Waals surface area contributed by atoms with E-state index in [1.807, 2.05) is 23.1 Å². The maximum atomic E-state index is 2.28. The van der Waals surface area contributed by atoms with Crippen LogP contribution in [0.2, 0.25) is 0 Å². The van der Waals surface area contributed by atoms with Gasteiger partial charge in [0.25, 0.3) is 4.20 Å². The van der Waals surface area contributed by atoms with Crippen molar-refractivity contribution in [1.82, 2.24) is 0 Å². The Kier molecular flexibility index (Phi) is 4.21. The van der Waals surface area contributed by atoms with E-state index in [1.165, 1.54) is 46.1 Å². The smallest absolute Gasteiger partial charge is 0.0651 e. The largest absolute Gasteiger partial charge is 0.265 e. The van der Waals surface area contributed by atoms with Gasteiger partial charge in [-0.2, -0.15) is 0 Å². The Morgan fingerprint density at radius 3 is 2.67 bits per heavy atom. The van der Waals surface area contributed by atoms with E-state index in [2.05, 4.69) is 31.2 Å². The fourth-order valence-electron chi connectivity index (χ4n) is 1.69. The molecule has 80 valence electrons. The summed E-state index contributed by atoms with van der Waals surface area (Å²) >= 11 is 4.03. The first-order valence-electron chi connectivity index (χ1n) is 5.62. The number of hydrogen-bond donors (Lipinski definition) is 0.